The quantitative estimate of drug-likeness (QED) is 0.411. The number of fused-ring (bicyclic) bond motifs is 1. The summed E-state index contributed by atoms with van der Waals surface area (Å²) >= 11 is 0. The molecule has 0 aliphatic carbocycles. The Kier molecular flexibility index (Phi) is 5.85. The molecule has 6 nitrogen and oxygen atoms in total. The molecule has 4 aromatic rings. The first-order valence-corrected chi connectivity index (χ1v) is 9.73. The van der Waals surface area contributed by atoms with Crippen LogP contribution in [0.4, 0.5) is 24.8 Å². The number of benzene rings is 2. The van der Waals surface area contributed by atoms with E-state index in [4.69, 9.17) is 5.26 Å². The van der Waals surface area contributed by atoms with Gasteiger partial charge < -0.3 is 10.6 Å². The fourth-order valence-corrected chi connectivity index (χ4v) is 3.19. The van der Waals surface area contributed by atoms with Gasteiger partial charge in [-0.15, -0.1) is 0 Å². The van der Waals surface area contributed by atoms with Crippen LogP contribution in [-0.2, 0) is 6.18 Å². The summed E-state index contributed by atoms with van der Waals surface area (Å²) in [4.78, 5) is 12.9. The normalized spacial score (nSPS) is 11.2. The highest BCUT2D eigenvalue weighted by Crippen LogP contribution is 2.36. The molecule has 32 heavy (non-hydrogen) atoms. The Morgan fingerprint density at radius 1 is 0.875 bits per heavy atom. The maximum Gasteiger partial charge on any atom is 0.417 e. The lowest BCUT2D eigenvalue weighted by Crippen LogP contribution is -2.16. The molecule has 0 bridgehead atoms. The van der Waals surface area contributed by atoms with E-state index >= 15 is 0 Å². The van der Waals surface area contributed by atoms with Crippen LogP contribution in [0.3, 0.4) is 0 Å². The summed E-state index contributed by atoms with van der Waals surface area (Å²) in [5, 5.41) is 15.8. The van der Waals surface area contributed by atoms with Gasteiger partial charge in [0.1, 0.15) is 17.7 Å². The van der Waals surface area contributed by atoms with Crippen LogP contribution in [0.25, 0.3) is 22.3 Å². The fraction of sp³-hybridized carbons (Fsp3) is 0.130. The number of pyridine rings is 1. The summed E-state index contributed by atoms with van der Waals surface area (Å²) in [5.41, 5.74) is 0.148. The minimum absolute atomic E-state index is 0.000781. The Morgan fingerprint density at radius 3 is 2.38 bits per heavy atom. The van der Waals surface area contributed by atoms with Crippen LogP contribution in [0, 0.1) is 11.3 Å². The third-order valence-corrected chi connectivity index (χ3v) is 4.69. The van der Waals surface area contributed by atoms with E-state index in [1.807, 2.05) is 18.2 Å². The van der Waals surface area contributed by atoms with Gasteiger partial charge in [0.15, 0.2) is 5.82 Å². The lowest BCUT2D eigenvalue weighted by molar-refractivity contribution is -0.137. The molecule has 0 amide bonds. The zero-order valence-corrected chi connectivity index (χ0v) is 16.7. The fourth-order valence-electron chi connectivity index (χ4n) is 3.19. The molecule has 2 aromatic heterocycles. The SMILES string of the molecule is N#Cc1ccc(NCCNc2nc(-c3ccccc3C(F)(F)F)nc3ccccc23)nc1. The third kappa shape index (κ3) is 4.59. The van der Waals surface area contributed by atoms with Gasteiger partial charge in [-0.1, -0.05) is 30.3 Å². The van der Waals surface area contributed by atoms with E-state index in [2.05, 4.69) is 25.6 Å². The summed E-state index contributed by atoms with van der Waals surface area (Å²) < 4.78 is 40.5. The number of alkyl halides is 3. The first-order valence-electron chi connectivity index (χ1n) is 9.73. The number of halogens is 3. The van der Waals surface area contributed by atoms with E-state index in [1.165, 1.54) is 24.4 Å². The van der Waals surface area contributed by atoms with Gasteiger partial charge in [-0.05, 0) is 30.3 Å². The summed E-state index contributed by atoms with van der Waals surface area (Å²) in [5.74, 6) is 1.05. The van der Waals surface area contributed by atoms with Crippen LogP contribution in [0.2, 0.25) is 0 Å². The molecule has 0 saturated heterocycles. The molecule has 0 atom stereocenters. The second-order valence-electron chi connectivity index (χ2n) is 6.85. The van der Waals surface area contributed by atoms with Crippen LogP contribution >= 0.6 is 0 Å². The number of nitrogens with zero attached hydrogens (tertiary/aromatic N) is 4. The van der Waals surface area contributed by atoms with Crippen LogP contribution in [0.5, 0.6) is 0 Å². The molecule has 2 aromatic carbocycles. The molecule has 0 fully saturated rings. The number of nitriles is 1. The largest absolute Gasteiger partial charge is 0.417 e. The van der Waals surface area contributed by atoms with Crippen LogP contribution in [-0.4, -0.2) is 28.0 Å². The van der Waals surface area contributed by atoms with E-state index in [1.54, 1.807) is 24.3 Å². The standard InChI is InChI=1S/C23H17F3N6/c24-23(25,26)18-7-3-1-5-16(18)22-31-19-8-4-2-6-17(19)21(32-22)29-12-11-28-20-10-9-15(13-27)14-30-20/h1-10,14H,11-12H2,(H,28,30)(H,29,31,32). The van der Waals surface area contributed by atoms with E-state index in [-0.39, 0.29) is 11.4 Å². The summed E-state index contributed by atoms with van der Waals surface area (Å²) in [7, 11) is 0. The number of hydrogen-bond acceptors (Lipinski definition) is 6. The lowest BCUT2D eigenvalue weighted by atomic mass is 10.1. The summed E-state index contributed by atoms with van der Waals surface area (Å²) in [6, 6.07) is 17.8. The molecule has 0 aliphatic rings. The Balaban J connectivity index is 1.59. The molecule has 2 N–H and O–H groups in total. The second-order valence-corrected chi connectivity index (χ2v) is 6.85. The molecule has 4 rings (SSSR count). The van der Waals surface area contributed by atoms with E-state index < -0.39 is 11.7 Å². The van der Waals surface area contributed by atoms with Crippen molar-refractivity contribution in [1.82, 2.24) is 15.0 Å². The third-order valence-electron chi connectivity index (χ3n) is 4.69. The van der Waals surface area contributed by atoms with Crippen LogP contribution in [0.1, 0.15) is 11.1 Å². The molecule has 2 heterocycles. The molecule has 0 saturated carbocycles. The molecule has 0 aliphatic heterocycles. The van der Waals surface area contributed by atoms with Crippen molar-refractivity contribution in [3.8, 4) is 17.5 Å². The Hall–Kier alpha value is -4.19. The van der Waals surface area contributed by atoms with E-state index in [0.29, 0.717) is 41.2 Å². The Bertz CT molecular complexity index is 1280. The van der Waals surface area contributed by atoms with E-state index in [9.17, 15) is 13.2 Å². The van der Waals surface area contributed by atoms with Gasteiger partial charge in [0.05, 0.1) is 16.6 Å². The Morgan fingerprint density at radius 2 is 1.62 bits per heavy atom. The average Bonchev–Trinajstić information content (AvgIpc) is 2.81. The number of hydrogen-bond donors (Lipinski definition) is 2. The maximum atomic E-state index is 13.5. The predicted molar refractivity (Wildman–Crippen MR) is 116 cm³/mol. The van der Waals surface area contributed by atoms with Gasteiger partial charge >= 0.3 is 6.18 Å². The smallest absolute Gasteiger partial charge is 0.368 e. The van der Waals surface area contributed by atoms with Crippen molar-refractivity contribution in [2.75, 3.05) is 23.7 Å². The van der Waals surface area contributed by atoms with Gasteiger partial charge in [0, 0.05) is 30.2 Å². The minimum Gasteiger partial charge on any atom is -0.368 e. The Labute approximate surface area is 181 Å². The first kappa shape index (κ1) is 21.1. The average molecular weight is 434 g/mol. The molecule has 0 unspecified atom stereocenters. The van der Waals surface area contributed by atoms with E-state index in [0.717, 1.165) is 6.07 Å². The second kappa shape index (κ2) is 8.89. The summed E-state index contributed by atoms with van der Waals surface area (Å²) in [6.07, 6.45) is -3.05. The molecule has 160 valence electrons. The molecular weight excluding hydrogens is 417 g/mol. The van der Waals surface area contributed by atoms with Crippen molar-refractivity contribution in [3.05, 3.63) is 78.0 Å². The zero-order chi connectivity index (χ0) is 22.6. The van der Waals surface area contributed by atoms with Gasteiger partial charge in [0.2, 0.25) is 0 Å². The molecule has 9 heteroatoms. The summed E-state index contributed by atoms with van der Waals surface area (Å²) in [6.45, 7) is 0.911. The van der Waals surface area contributed by atoms with Gasteiger partial charge in [-0.2, -0.15) is 18.4 Å². The molecule has 0 radical (unpaired) electrons. The van der Waals surface area contributed by atoms with Crippen molar-refractivity contribution in [1.29, 1.82) is 5.26 Å². The number of aromatic nitrogens is 3. The number of para-hydroxylation sites is 1. The minimum atomic E-state index is -4.52. The number of anilines is 2. The first-order chi connectivity index (χ1) is 15.5. The van der Waals surface area contributed by atoms with Crippen molar-refractivity contribution >= 4 is 22.5 Å². The highest BCUT2D eigenvalue weighted by Gasteiger charge is 2.34. The zero-order valence-electron chi connectivity index (χ0n) is 16.7. The van der Waals surface area contributed by atoms with Crippen LogP contribution in [0.15, 0.2) is 66.9 Å². The van der Waals surface area contributed by atoms with Gasteiger partial charge in [-0.3, -0.25) is 0 Å². The van der Waals surface area contributed by atoms with Crippen molar-refractivity contribution in [2.45, 2.75) is 6.18 Å². The maximum absolute atomic E-state index is 13.5. The van der Waals surface area contributed by atoms with Gasteiger partial charge in [0.25, 0.3) is 0 Å². The topological polar surface area (TPSA) is 86.5 Å². The van der Waals surface area contributed by atoms with Crippen molar-refractivity contribution in [3.63, 3.8) is 0 Å². The lowest BCUT2D eigenvalue weighted by Gasteiger charge is -2.14. The number of rotatable bonds is 6. The van der Waals surface area contributed by atoms with Gasteiger partial charge in [-0.25, -0.2) is 15.0 Å². The van der Waals surface area contributed by atoms with Crippen molar-refractivity contribution < 1.29 is 13.2 Å². The van der Waals surface area contributed by atoms with Crippen molar-refractivity contribution in [2.24, 2.45) is 0 Å². The molecular formula is C23H17F3N6. The number of nitrogens with one attached hydrogen (secondary N) is 2. The predicted octanol–water partition coefficient (Wildman–Crippen LogP) is 5.11. The molecule has 0 spiro atoms. The van der Waals surface area contributed by atoms with Crippen LogP contribution < -0.4 is 10.6 Å². The highest BCUT2D eigenvalue weighted by molar-refractivity contribution is 5.90. The monoisotopic (exact) mass is 434 g/mol. The highest BCUT2D eigenvalue weighted by atomic mass is 19.4.